The van der Waals surface area contributed by atoms with E-state index in [1.165, 1.54) is 24.8 Å². The topological polar surface area (TPSA) is 121 Å². The first kappa shape index (κ1) is 25.6. The fraction of sp³-hybridized carbons (Fsp3) is 0.208. The fourth-order valence-electron chi connectivity index (χ4n) is 3.47. The van der Waals surface area contributed by atoms with Crippen LogP contribution in [0.3, 0.4) is 0 Å². The van der Waals surface area contributed by atoms with Gasteiger partial charge in [-0.3, -0.25) is 9.69 Å². The van der Waals surface area contributed by atoms with Crippen LogP contribution in [0.4, 0.5) is 42.1 Å². The summed E-state index contributed by atoms with van der Waals surface area (Å²) in [6.45, 7) is 2.85. The van der Waals surface area contributed by atoms with Gasteiger partial charge in [0.2, 0.25) is 5.95 Å². The highest BCUT2D eigenvalue weighted by Gasteiger charge is 2.30. The van der Waals surface area contributed by atoms with E-state index in [1.807, 2.05) is 6.92 Å². The van der Waals surface area contributed by atoms with Crippen molar-refractivity contribution in [2.75, 3.05) is 35.8 Å². The summed E-state index contributed by atoms with van der Waals surface area (Å²) in [5.41, 5.74) is 0.714. The van der Waals surface area contributed by atoms with Crippen molar-refractivity contribution in [2.24, 2.45) is 0 Å². The Bertz CT molecular complexity index is 1360. The van der Waals surface area contributed by atoms with Crippen molar-refractivity contribution in [1.29, 1.82) is 0 Å². The number of anilines is 5. The Balaban J connectivity index is 1.67. The summed E-state index contributed by atoms with van der Waals surface area (Å²) in [6.07, 6.45) is -1.81. The van der Waals surface area contributed by atoms with E-state index in [2.05, 4.69) is 35.8 Å². The lowest BCUT2D eigenvalue weighted by atomic mass is 10.1. The van der Waals surface area contributed by atoms with Crippen molar-refractivity contribution >= 4 is 34.9 Å². The first-order chi connectivity index (χ1) is 17.8. The van der Waals surface area contributed by atoms with E-state index in [0.29, 0.717) is 36.4 Å². The number of hydrogen-bond donors (Lipinski definition) is 3. The number of carbonyl (C=O) groups excluding carboxylic acids is 1. The predicted octanol–water partition coefficient (Wildman–Crippen LogP) is 4.70. The van der Waals surface area contributed by atoms with Gasteiger partial charge in [-0.1, -0.05) is 12.1 Å². The van der Waals surface area contributed by atoms with Crippen LogP contribution in [-0.2, 0) is 10.9 Å². The van der Waals surface area contributed by atoms with Gasteiger partial charge in [-0.2, -0.15) is 23.3 Å². The molecule has 0 spiro atoms. The lowest BCUT2D eigenvalue weighted by Gasteiger charge is -2.23. The van der Waals surface area contributed by atoms with Gasteiger partial charge in [0, 0.05) is 31.0 Å². The SMILES string of the molecule is COCCNc1cc(N(c2ncn[nH]2)c2cc(C(=O)Nc3cccc(C(F)(F)F)c3)ccc2C)ncn1. The van der Waals surface area contributed by atoms with Gasteiger partial charge in [-0.15, -0.1) is 0 Å². The van der Waals surface area contributed by atoms with E-state index in [4.69, 9.17) is 4.74 Å². The third-order valence-electron chi connectivity index (χ3n) is 5.27. The van der Waals surface area contributed by atoms with Crippen LogP contribution in [0.5, 0.6) is 0 Å². The highest BCUT2D eigenvalue weighted by molar-refractivity contribution is 6.05. The normalized spacial score (nSPS) is 11.3. The van der Waals surface area contributed by atoms with Gasteiger partial charge >= 0.3 is 6.18 Å². The Morgan fingerprint density at radius 1 is 1.08 bits per heavy atom. The van der Waals surface area contributed by atoms with Gasteiger partial charge in [0.05, 0.1) is 17.9 Å². The second kappa shape index (κ2) is 11.0. The minimum absolute atomic E-state index is 0.0246. The fourth-order valence-corrected chi connectivity index (χ4v) is 3.47. The molecule has 13 heteroatoms. The van der Waals surface area contributed by atoms with Crippen LogP contribution in [-0.4, -0.2) is 51.3 Å². The highest BCUT2D eigenvalue weighted by Crippen LogP contribution is 2.35. The highest BCUT2D eigenvalue weighted by atomic mass is 19.4. The van der Waals surface area contributed by atoms with Crippen molar-refractivity contribution in [3.63, 3.8) is 0 Å². The minimum Gasteiger partial charge on any atom is -0.383 e. The maximum Gasteiger partial charge on any atom is 0.416 e. The minimum atomic E-state index is -4.52. The number of rotatable bonds is 9. The first-order valence-corrected chi connectivity index (χ1v) is 11.1. The third-order valence-corrected chi connectivity index (χ3v) is 5.27. The molecule has 10 nitrogen and oxygen atoms in total. The van der Waals surface area contributed by atoms with Gasteiger partial charge in [-0.05, 0) is 42.8 Å². The molecular weight excluding hydrogens is 489 g/mol. The second-order valence-electron chi connectivity index (χ2n) is 7.86. The predicted molar refractivity (Wildman–Crippen MR) is 131 cm³/mol. The number of H-pyrrole nitrogens is 1. The Morgan fingerprint density at radius 3 is 2.65 bits per heavy atom. The van der Waals surface area contributed by atoms with Crippen molar-refractivity contribution in [3.05, 3.63) is 77.9 Å². The maximum atomic E-state index is 13.1. The largest absolute Gasteiger partial charge is 0.416 e. The average Bonchev–Trinajstić information content (AvgIpc) is 3.40. The zero-order valence-corrected chi connectivity index (χ0v) is 19.9. The van der Waals surface area contributed by atoms with E-state index >= 15 is 0 Å². The standard InChI is InChI=1S/C24H23F3N8O2/c1-15-6-7-16(22(36)33-18-5-3-4-17(11-18)24(25,26)27)10-19(15)35(23-31-14-32-34-23)21-12-20(29-13-30-21)28-8-9-37-2/h3-7,10-14H,8-9H2,1-2H3,(H,33,36)(H,28,29,30)(H,31,32,34). The van der Waals surface area contributed by atoms with Gasteiger partial charge in [0.1, 0.15) is 24.3 Å². The van der Waals surface area contributed by atoms with Gasteiger partial charge < -0.3 is 15.4 Å². The third kappa shape index (κ3) is 6.19. The molecule has 0 saturated carbocycles. The summed E-state index contributed by atoms with van der Waals surface area (Å²) < 4.78 is 44.3. The number of aromatic amines is 1. The molecule has 0 fully saturated rings. The monoisotopic (exact) mass is 512 g/mol. The first-order valence-electron chi connectivity index (χ1n) is 11.1. The van der Waals surface area contributed by atoms with Gasteiger partial charge in [-0.25, -0.2) is 15.1 Å². The number of benzene rings is 2. The van der Waals surface area contributed by atoms with Crippen LogP contribution in [0.25, 0.3) is 0 Å². The molecule has 192 valence electrons. The van der Waals surface area contributed by atoms with Crippen LogP contribution in [0.15, 0.2) is 61.2 Å². The summed E-state index contributed by atoms with van der Waals surface area (Å²) in [5, 5.41) is 12.4. The number of alkyl halides is 3. The molecule has 0 atom stereocenters. The lowest BCUT2D eigenvalue weighted by Crippen LogP contribution is -2.18. The van der Waals surface area contributed by atoms with Crippen LogP contribution in [0.1, 0.15) is 21.5 Å². The molecule has 0 saturated heterocycles. The number of aryl methyl sites for hydroxylation is 1. The molecule has 3 N–H and O–H groups in total. The van der Waals surface area contributed by atoms with Gasteiger partial charge in [0.25, 0.3) is 5.91 Å². The molecule has 1 amide bonds. The number of amides is 1. The molecule has 4 aromatic rings. The van der Waals surface area contributed by atoms with E-state index < -0.39 is 17.6 Å². The Labute approximate surface area is 209 Å². The number of nitrogens with zero attached hydrogens (tertiary/aromatic N) is 5. The molecule has 2 aromatic carbocycles. The Kier molecular flexibility index (Phi) is 7.63. The summed E-state index contributed by atoms with van der Waals surface area (Å²) in [6, 6.07) is 11.0. The number of nitrogens with one attached hydrogen (secondary N) is 3. The molecule has 0 unspecified atom stereocenters. The molecule has 0 radical (unpaired) electrons. The number of methoxy groups -OCH3 is 1. The summed E-state index contributed by atoms with van der Waals surface area (Å²) in [5.74, 6) is 0.732. The molecule has 4 rings (SSSR count). The van der Waals surface area contributed by atoms with Crippen LogP contribution < -0.4 is 15.5 Å². The van der Waals surface area contributed by atoms with E-state index in [1.54, 1.807) is 36.3 Å². The van der Waals surface area contributed by atoms with Crippen LogP contribution >= 0.6 is 0 Å². The summed E-state index contributed by atoms with van der Waals surface area (Å²) >= 11 is 0. The van der Waals surface area contributed by atoms with Crippen LogP contribution in [0, 0.1) is 6.92 Å². The van der Waals surface area contributed by atoms with Crippen molar-refractivity contribution in [2.45, 2.75) is 13.1 Å². The molecule has 0 aliphatic rings. The molecule has 0 aliphatic heterocycles. The number of halogens is 3. The Hall–Kier alpha value is -4.52. The number of aromatic nitrogens is 5. The molecule has 2 heterocycles. The number of ether oxygens (including phenoxy) is 1. The van der Waals surface area contributed by atoms with Crippen molar-refractivity contribution < 1.29 is 22.7 Å². The summed E-state index contributed by atoms with van der Waals surface area (Å²) in [4.78, 5) is 27.5. The number of hydrogen-bond acceptors (Lipinski definition) is 8. The maximum absolute atomic E-state index is 13.1. The zero-order valence-electron chi connectivity index (χ0n) is 19.9. The van der Waals surface area contributed by atoms with Crippen molar-refractivity contribution in [1.82, 2.24) is 25.1 Å². The molecule has 2 aromatic heterocycles. The second-order valence-corrected chi connectivity index (χ2v) is 7.86. The van der Waals surface area contributed by atoms with Crippen molar-refractivity contribution in [3.8, 4) is 0 Å². The van der Waals surface area contributed by atoms with E-state index in [9.17, 15) is 18.0 Å². The average molecular weight is 512 g/mol. The Morgan fingerprint density at radius 2 is 1.92 bits per heavy atom. The molecule has 0 aliphatic carbocycles. The molecule has 37 heavy (non-hydrogen) atoms. The summed E-state index contributed by atoms with van der Waals surface area (Å²) in [7, 11) is 1.59. The smallest absolute Gasteiger partial charge is 0.383 e. The lowest BCUT2D eigenvalue weighted by molar-refractivity contribution is -0.137. The quantitative estimate of drug-likeness (QED) is 0.276. The molecular formula is C24H23F3N8O2. The number of carbonyl (C=O) groups is 1. The molecule has 0 bridgehead atoms. The van der Waals surface area contributed by atoms with E-state index in [-0.39, 0.29) is 11.3 Å². The zero-order chi connectivity index (χ0) is 26.4. The van der Waals surface area contributed by atoms with Gasteiger partial charge in [0.15, 0.2) is 0 Å². The van der Waals surface area contributed by atoms with Crippen LogP contribution in [0.2, 0.25) is 0 Å². The van der Waals surface area contributed by atoms with E-state index in [0.717, 1.165) is 17.7 Å².